The summed E-state index contributed by atoms with van der Waals surface area (Å²) in [6.07, 6.45) is 2.22. The van der Waals surface area contributed by atoms with Gasteiger partial charge in [-0.25, -0.2) is 9.97 Å². The average molecular weight is 489 g/mol. The predicted octanol–water partition coefficient (Wildman–Crippen LogP) is 2.55. The van der Waals surface area contributed by atoms with Crippen molar-refractivity contribution in [3.63, 3.8) is 0 Å². The first kappa shape index (κ1) is 25.1. The van der Waals surface area contributed by atoms with Crippen LogP contribution in [0.3, 0.4) is 0 Å². The summed E-state index contributed by atoms with van der Waals surface area (Å²) in [5, 5.41) is 5.95. The van der Waals surface area contributed by atoms with Crippen LogP contribution in [0.5, 0.6) is 5.75 Å². The number of carbonyl (C=O) groups is 2. The minimum absolute atomic E-state index is 0.0680. The maximum absolute atomic E-state index is 12.8. The molecule has 2 aromatic carbocycles. The molecule has 0 bridgehead atoms. The molecule has 9 heteroatoms. The molecule has 188 valence electrons. The van der Waals surface area contributed by atoms with Gasteiger partial charge < -0.3 is 25.2 Å². The van der Waals surface area contributed by atoms with Gasteiger partial charge in [-0.1, -0.05) is 18.2 Å². The highest BCUT2D eigenvalue weighted by Crippen LogP contribution is 2.22. The van der Waals surface area contributed by atoms with Crippen LogP contribution in [0.25, 0.3) is 11.3 Å². The van der Waals surface area contributed by atoms with E-state index in [1.807, 2.05) is 41.3 Å². The molecule has 0 radical (unpaired) electrons. The highest BCUT2D eigenvalue weighted by molar-refractivity contribution is 5.95. The lowest BCUT2D eigenvalue weighted by Gasteiger charge is -2.32. The van der Waals surface area contributed by atoms with Gasteiger partial charge in [0.15, 0.2) is 0 Å². The third kappa shape index (κ3) is 5.98. The second kappa shape index (κ2) is 11.6. The molecule has 4 rings (SSSR count). The van der Waals surface area contributed by atoms with Crippen molar-refractivity contribution in [2.75, 3.05) is 59.2 Å². The van der Waals surface area contributed by atoms with Gasteiger partial charge in [-0.05, 0) is 43.3 Å². The SMILES string of the molecule is CNC(=O)c1ccc(CCNc2cc(-c3ccc(C(=O)N4CCN(C)CC4)cc3)ncn2)c(OC)c1. The fourth-order valence-electron chi connectivity index (χ4n) is 4.15. The van der Waals surface area contributed by atoms with Crippen molar-refractivity contribution in [3.8, 4) is 17.0 Å². The first-order chi connectivity index (χ1) is 17.5. The Bertz CT molecular complexity index is 1210. The quantitative estimate of drug-likeness (QED) is 0.503. The first-order valence-electron chi connectivity index (χ1n) is 12.0. The molecule has 36 heavy (non-hydrogen) atoms. The lowest BCUT2D eigenvalue weighted by Crippen LogP contribution is -2.47. The highest BCUT2D eigenvalue weighted by atomic mass is 16.5. The molecule has 9 nitrogen and oxygen atoms in total. The first-order valence-corrected chi connectivity index (χ1v) is 12.0. The van der Waals surface area contributed by atoms with Crippen LogP contribution in [0, 0.1) is 0 Å². The van der Waals surface area contributed by atoms with E-state index in [-0.39, 0.29) is 11.8 Å². The summed E-state index contributed by atoms with van der Waals surface area (Å²) >= 11 is 0. The summed E-state index contributed by atoms with van der Waals surface area (Å²) in [5.74, 6) is 1.30. The number of carbonyl (C=O) groups excluding carboxylic acids is 2. The van der Waals surface area contributed by atoms with Gasteiger partial charge in [0, 0.05) is 62.5 Å². The van der Waals surface area contributed by atoms with E-state index in [2.05, 4.69) is 32.5 Å². The maximum atomic E-state index is 12.8. The minimum atomic E-state index is -0.150. The van der Waals surface area contributed by atoms with Crippen LogP contribution >= 0.6 is 0 Å². The van der Waals surface area contributed by atoms with E-state index < -0.39 is 0 Å². The number of rotatable bonds is 8. The Labute approximate surface area is 211 Å². The Morgan fingerprint density at radius 3 is 2.39 bits per heavy atom. The van der Waals surface area contributed by atoms with Gasteiger partial charge in [-0.3, -0.25) is 9.59 Å². The third-order valence-corrected chi connectivity index (χ3v) is 6.36. The van der Waals surface area contributed by atoms with E-state index >= 15 is 0 Å². The Hall–Kier alpha value is -3.98. The fourth-order valence-corrected chi connectivity index (χ4v) is 4.15. The number of hydrogen-bond acceptors (Lipinski definition) is 7. The van der Waals surface area contributed by atoms with Gasteiger partial charge in [-0.2, -0.15) is 0 Å². The van der Waals surface area contributed by atoms with Crippen LogP contribution in [0.15, 0.2) is 54.9 Å². The summed E-state index contributed by atoms with van der Waals surface area (Å²) in [4.78, 5) is 37.5. The lowest BCUT2D eigenvalue weighted by molar-refractivity contribution is 0.0664. The van der Waals surface area contributed by atoms with Gasteiger partial charge in [0.25, 0.3) is 11.8 Å². The molecule has 1 aliphatic rings. The molecule has 2 N–H and O–H groups in total. The second-order valence-corrected chi connectivity index (χ2v) is 8.74. The van der Waals surface area contributed by atoms with Gasteiger partial charge in [0.1, 0.15) is 17.9 Å². The Morgan fingerprint density at radius 1 is 0.972 bits per heavy atom. The number of ether oxygens (including phenoxy) is 1. The van der Waals surface area contributed by atoms with Crippen LogP contribution in [0.4, 0.5) is 5.82 Å². The number of amides is 2. The molecule has 0 saturated carbocycles. The van der Waals surface area contributed by atoms with E-state index in [4.69, 9.17) is 4.74 Å². The Morgan fingerprint density at radius 2 is 1.69 bits per heavy atom. The van der Waals surface area contributed by atoms with Gasteiger partial charge in [-0.15, -0.1) is 0 Å². The van der Waals surface area contributed by atoms with E-state index in [9.17, 15) is 9.59 Å². The Balaban J connectivity index is 1.37. The summed E-state index contributed by atoms with van der Waals surface area (Å²) in [6, 6.07) is 14.9. The number of anilines is 1. The second-order valence-electron chi connectivity index (χ2n) is 8.74. The molecule has 0 unspecified atom stereocenters. The number of likely N-dealkylation sites (N-methyl/N-ethyl adjacent to an activating group) is 1. The summed E-state index contributed by atoms with van der Waals surface area (Å²) in [7, 11) is 5.27. The van der Waals surface area contributed by atoms with Crippen LogP contribution in [-0.4, -0.2) is 85.5 Å². The number of aromatic nitrogens is 2. The van der Waals surface area contributed by atoms with Crippen molar-refractivity contribution in [2.24, 2.45) is 0 Å². The zero-order valence-corrected chi connectivity index (χ0v) is 21.0. The highest BCUT2D eigenvalue weighted by Gasteiger charge is 2.20. The van der Waals surface area contributed by atoms with Crippen molar-refractivity contribution in [3.05, 3.63) is 71.5 Å². The maximum Gasteiger partial charge on any atom is 0.253 e. The van der Waals surface area contributed by atoms with Crippen molar-refractivity contribution in [2.45, 2.75) is 6.42 Å². The number of piperazine rings is 1. The van der Waals surface area contributed by atoms with Crippen LogP contribution in [-0.2, 0) is 6.42 Å². The van der Waals surface area contributed by atoms with Crippen LogP contribution in [0.2, 0.25) is 0 Å². The van der Waals surface area contributed by atoms with Gasteiger partial charge in [0.05, 0.1) is 12.8 Å². The minimum Gasteiger partial charge on any atom is -0.496 e. The average Bonchev–Trinajstić information content (AvgIpc) is 2.93. The molecular weight excluding hydrogens is 456 g/mol. The smallest absolute Gasteiger partial charge is 0.253 e. The summed E-state index contributed by atoms with van der Waals surface area (Å²) in [6.45, 7) is 3.93. The van der Waals surface area contributed by atoms with E-state index in [0.29, 0.717) is 35.7 Å². The number of methoxy groups -OCH3 is 1. The molecular formula is C27H32N6O3. The molecule has 2 heterocycles. The van der Waals surface area contributed by atoms with Crippen molar-refractivity contribution >= 4 is 17.6 Å². The summed E-state index contributed by atoms with van der Waals surface area (Å²) in [5.41, 5.74) is 3.93. The Kier molecular flexibility index (Phi) is 8.12. The third-order valence-electron chi connectivity index (χ3n) is 6.36. The van der Waals surface area contributed by atoms with Crippen LogP contribution < -0.4 is 15.4 Å². The van der Waals surface area contributed by atoms with Gasteiger partial charge in [0.2, 0.25) is 0 Å². The number of nitrogens with zero attached hydrogens (tertiary/aromatic N) is 4. The molecule has 2 amide bonds. The predicted molar refractivity (Wildman–Crippen MR) is 139 cm³/mol. The molecule has 0 aliphatic carbocycles. The normalized spacial score (nSPS) is 13.8. The van der Waals surface area contributed by atoms with Gasteiger partial charge >= 0.3 is 0 Å². The zero-order valence-electron chi connectivity index (χ0n) is 21.0. The van der Waals surface area contributed by atoms with Crippen LogP contribution in [0.1, 0.15) is 26.3 Å². The molecule has 3 aromatic rings. The molecule has 1 saturated heterocycles. The van der Waals surface area contributed by atoms with E-state index in [1.54, 1.807) is 26.3 Å². The molecule has 0 atom stereocenters. The van der Waals surface area contributed by atoms with Crippen molar-refractivity contribution < 1.29 is 14.3 Å². The number of nitrogens with one attached hydrogen (secondary N) is 2. The zero-order chi connectivity index (χ0) is 25.5. The largest absolute Gasteiger partial charge is 0.496 e. The van der Waals surface area contributed by atoms with E-state index in [0.717, 1.165) is 43.0 Å². The molecule has 1 aromatic heterocycles. The molecule has 0 spiro atoms. The fraction of sp³-hybridized carbons (Fsp3) is 0.333. The number of hydrogen-bond donors (Lipinski definition) is 2. The van der Waals surface area contributed by atoms with Crippen molar-refractivity contribution in [1.82, 2.24) is 25.1 Å². The van der Waals surface area contributed by atoms with E-state index in [1.165, 1.54) is 6.33 Å². The lowest BCUT2D eigenvalue weighted by atomic mass is 10.1. The topological polar surface area (TPSA) is 99.7 Å². The standard InChI is InChI=1S/C27H32N6O3/c1-28-26(34)22-9-6-20(24(16-22)36-3)10-11-29-25-17-23(30-18-31-25)19-4-7-21(8-5-19)27(35)33-14-12-32(2)13-15-33/h4-9,16-18H,10-15H2,1-3H3,(H,28,34)(H,29,30,31). The summed E-state index contributed by atoms with van der Waals surface area (Å²) < 4.78 is 5.47. The molecule has 1 fully saturated rings. The molecule has 1 aliphatic heterocycles. The van der Waals surface area contributed by atoms with Crippen molar-refractivity contribution in [1.29, 1.82) is 0 Å². The monoisotopic (exact) mass is 488 g/mol. The number of benzene rings is 2.